The Morgan fingerprint density at radius 1 is 1.05 bits per heavy atom. The third-order valence-electron chi connectivity index (χ3n) is 8.75. The van der Waals surface area contributed by atoms with E-state index in [2.05, 4.69) is 45.1 Å². The summed E-state index contributed by atoms with van der Waals surface area (Å²) < 4.78 is 45.1. The van der Waals surface area contributed by atoms with Crippen molar-refractivity contribution in [1.29, 1.82) is 0 Å². The van der Waals surface area contributed by atoms with Crippen molar-refractivity contribution in [2.24, 2.45) is 17.3 Å². The van der Waals surface area contributed by atoms with Crippen LogP contribution in [0.2, 0.25) is 0 Å². The first-order valence-electron chi connectivity index (χ1n) is 15.9. The van der Waals surface area contributed by atoms with Crippen LogP contribution in [0.3, 0.4) is 0 Å². The molecule has 2 unspecified atom stereocenters. The monoisotopic (exact) mass is 566 g/mol. The van der Waals surface area contributed by atoms with Crippen molar-refractivity contribution in [3.8, 4) is 0 Å². The number of unbranched alkanes of at least 4 members (excludes halogenated alkanes) is 2. The highest BCUT2D eigenvalue weighted by Crippen LogP contribution is 2.42. The molecule has 3 aliphatic rings. The first kappa shape index (κ1) is 33.2. The minimum Gasteiger partial charge on any atom is -0.469 e. The lowest BCUT2D eigenvalue weighted by molar-refractivity contribution is -0.198. The van der Waals surface area contributed by atoms with Gasteiger partial charge in [0.2, 0.25) is 0 Å². The number of rotatable bonds is 16. The Balaban J connectivity index is 1.74. The minimum atomic E-state index is -0.947. The summed E-state index contributed by atoms with van der Waals surface area (Å²) in [6, 6.07) is 0. The molecule has 0 radical (unpaired) electrons. The normalized spacial score (nSPS) is 30.7. The number of carbonyl (C=O) groups excluding carboxylic acids is 1. The van der Waals surface area contributed by atoms with Gasteiger partial charge >= 0.3 is 5.97 Å². The van der Waals surface area contributed by atoms with Crippen molar-refractivity contribution in [1.82, 2.24) is 0 Å². The lowest BCUT2D eigenvalue weighted by Gasteiger charge is -2.36. The van der Waals surface area contributed by atoms with Gasteiger partial charge in [-0.25, -0.2) is 4.39 Å². The molecule has 230 valence electrons. The van der Waals surface area contributed by atoms with Crippen LogP contribution in [-0.2, 0) is 28.5 Å². The second-order valence-electron chi connectivity index (χ2n) is 12.5. The number of hydrogen-bond acceptors (Lipinski definition) is 6. The zero-order chi connectivity index (χ0) is 28.8. The zero-order valence-electron chi connectivity index (χ0n) is 25.5. The molecule has 0 aromatic carbocycles. The van der Waals surface area contributed by atoms with Gasteiger partial charge < -0.3 is 23.7 Å². The Bertz CT molecular complexity index is 771. The topological polar surface area (TPSA) is 63.2 Å². The van der Waals surface area contributed by atoms with Gasteiger partial charge in [0, 0.05) is 37.9 Å². The van der Waals surface area contributed by atoms with E-state index in [0.29, 0.717) is 25.9 Å². The van der Waals surface area contributed by atoms with Crippen LogP contribution >= 0.6 is 0 Å². The lowest BCUT2D eigenvalue weighted by Crippen LogP contribution is -2.37. The predicted molar refractivity (Wildman–Crippen MR) is 155 cm³/mol. The number of carbonyl (C=O) groups is 1. The summed E-state index contributed by atoms with van der Waals surface area (Å²) in [5.74, 6) is -0.437. The fourth-order valence-corrected chi connectivity index (χ4v) is 6.12. The van der Waals surface area contributed by atoms with Crippen LogP contribution in [0.5, 0.6) is 0 Å². The van der Waals surface area contributed by atoms with Crippen LogP contribution in [0, 0.1) is 17.3 Å². The highest BCUT2D eigenvalue weighted by atomic mass is 19.1. The van der Waals surface area contributed by atoms with Crippen LogP contribution in [-0.4, -0.2) is 57.3 Å². The van der Waals surface area contributed by atoms with Crippen molar-refractivity contribution in [3.05, 3.63) is 24.3 Å². The molecule has 2 saturated heterocycles. The molecule has 7 atom stereocenters. The fraction of sp³-hybridized carbons (Fsp3) is 0.848. The summed E-state index contributed by atoms with van der Waals surface area (Å²) in [6.07, 6.45) is 19.1. The van der Waals surface area contributed by atoms with Crippen molar-refractivity contribution >= 4 is 5.97 Å². The molecule has 0 spiro atoms. The summed E-state index contributed by atoms with van der Waals surface area (Å²) >= 11 is 0. The number of methoxy groups -OCH3 is 1. The van der Waals surface area contributed by atoms with Crippen LogP contribution in [0.25, 0.3) is 0 Å². The summed E-state index contributed by atoms with van der Waals surface area (Å²) in [6.45, 7) is 8.21. The molecule has 7 heteroatoms. The van der Waals surface area contributed by atoms with Crippen molar-refractivity contribution < 1.29 is 32.9 Å². The smallest absolute Gasteiger partial charge is 0.305 e. The number of allylic oxidation sites excluding steroid dienone is 2. The molecular weight excluding hydrogens is 511 g/mol. The van der Waals surface area contributed by atoms with Crippen LogP contribution in [0.4, 0.5) is 4.39 Å². The van der Waals surface area contributed by atoms with Gasteiger partial charge in [0.15, 0.2) is 12.6 Å². The molecule has 1 saturated carbocycles. The van der Waals surface area contributed by atoms with Gasteiger partial charge in [-0.15, -0.1) is 0 Å². The molecule has 3 fully saturated rings. The van der Waals surface area contributed by atoms with E-state index in [1.54, 1.807) is 0 Å². The third kappa shape index (κ3) is 10.8. The average molecular weight is 567 g/mol. The molecule has 6 nitrogen and oxygen atoms in total. The molecular formula is C33H55FO6. The highest BCUT2D eigenvalue weighted by molar-refractivity contribution is 5.69. The van der Waals surface area contributed by atoms with E-state index in [9.17, 15) is 4.79 Å². The maximum Gasteiger partial charge on any atom is 0.305 e. The lowest BCUT2D eigenvalue weighted by atomic mass is 9.80. The van der Waals surface area contributed by atoms with Gasteiger partial charge in [-0.3, -0.25) is 4.79 Å². The van der Waals surface area contributed by atoms with E-state index >= 15 is 4.39 Å². The molecule has 40 heavy (non-hydrogen) atoms. The predicted octanol–water partition coefficient (Wildman–Crippen LogP) is 7.85. The average Bonchev–Trinajstić information content (AvgIpc) is 3.25. The largest absolute Gasteiger partial charge is 0.469 e. The van der Waals surface area contributed by atoms with Crippen molar-refractivity contribution in [2.75, 3.05) is 20.3 Å². The Kier molecular flexibility index (Phi) is 14.6. The van der Waals surface area contributed by atoms with Gasteiger partial charge in [-0.2, -0.15) is 0 Å². The van der Waals surface area contributed by atoms with Crippen LogP contribution in [0.1, 0.15) is 111 Å². The molecule has 0 aromatic rings. The van der Waals surface area contributed by atoms with Crippen molar-refractivity contribution in [2.45, 2.75) is 142 Å². The van der Waals surface area contributed by atoms with E-state index in [4.69, 9.17) is 23.7 Å². The van der Waals surface area contributed by atoms with Gasteiger partial charge in [0.1, 0.15) is 6.17 Å². The van der Waals surface area contributed by atoms with E-state index in [0.717, 1.165) is 77.2 Å². The molecule has 0 N–H and O–H groups in total. The molecule has 0 bridgehead atoms. The van der Waals surface area contributed by atoms with Gasteiger partial charge in [0.25, 0.3) is 0 Å². The standard InChI is InChI=1S/C33H55FO6/c1-5-6-21-33(2,3)29(40-32-18-12-14-23-38-32)20-19-26-25(15-9-7-8-10-16-30(35)36-4)27(34)24-28(26)39-31-17-11-13-22-37-31/h7,9,19-20,25-29,31-32H,5-6,8,10-18,21-24H2,1-4H3/t25-,26-,27+,28-,29-,31?,32?/m1/s1. The Morgan fingerprint density at radius 3 is 2.42 bits per heavy atom. The first-order chi connectivity index (χ1) is 19.3. The summed E-state index contributed by atoms with van der Waals surface area (Å²) in [5, 5.41) is 0. The van der Waals surface area contributed by atoms with E-state index in [-0.39, 0.29) is 48.0 Å². The summed E-state index contributed by atoms with van der Waals surface area (Å²) in [7, 11) is 1.41. The fourth-order valence-electron chi connectivity index (χ4n) is 6.12. The number of esters is 1. The minimum absolute atomic E-state index is 0.0689. The third-order valence-corrected chi connectivity index (χ3v) is 8.75. The van der Waals surface area contributed by atoms with Gasteiger partial charge in [0.05, 0.1) is 19.3 Å². The molecule has 0 aromatic heterocycles. The number of halogens is 1. The number of ether oxygens (including phenoxy) is 5. The molecule has 1 aliphatic carbocycles. The van der Waals surface area contributed by atoms with Crippen molar-refractivity contribution in [3.63, 3.8) is 0 Å². The van der Waals surface area contributed by atoms with E-state index in [1.807, 2.05) is 0 Å². The first-order valence-corrected chi connectivity index (χ1v) is 15.9. The van der Waals surface area contributed by atoms with Crippen LogP contribution < -0.4 is 0 Å². The highest BCUT2D eigenvalue weighted by Gasteiger charge is 2.44. The summed E-state index contributed by atoms with van der Waals surface area (Å²) in [5.41, 5.74) is -0.0705. The van der Waals surface area contributed by atoms with E-state index < -0.39 is 6.17 Å². The molecule has 3 rings (SSSR count). The number of alkyl halides is 1. The SMILES string of the molecule is CCCCC(C)(C)[C@@H](C=C[C@@H]1[C@@H](CC=CCCCC(=O)OC)[C@@H](F)C[C@H]1OC1CCCCO1)OC1CCCCO1. The summed E-state index contributed by atoms with van der Waals surface area (Å²) in [4.78, 5) is 11.4. The maximum absolute atomic E-state index is 15.6. The second-order valence-corrected chi connectivity index (χ2v) is 12.5. The quantitative estimate of drug-likeness (QED) is 0.108. The maximum atomic E-state index is 15.6. The Labute approximate surface area is 242 Å². The number of hydrogen-bond donors (Lipinski definition) is 0. The molecule has 0 amide bonds. The molecule has 2 heterocycles. The molecule has 2 aliphatic heterocycles. The van der Waals surface area contributed by atoms with Crippen LogP contribution in [0.15, 0.2) is 24.3 Å². The Morgan fingerprint density at radius 2 is 1.77 bits per heavy atom. The van der Waals surface area contributed by atoms with E-state index in [1.165, 1.54) is 7.11 Å². The zero-order valence-corrected chi connectivity index (χ0v) is 25.5. The second kappa shape index (κ2) is 17.6. The van der Waals surface area contributed by atoms with Gasteiger partial charge in [-0.05, 0) is 69.6 Å². The van der Waals surface area contributed by atoms with Gasteiger partial charge in [-0.1, -0.05) is 57.9 Å². The Hall–Kier alpha value is -1.28.